The fourth-order valence-electron chi connectivity index (χ4n) is 1.98. The van der Waals surface area contributed by atoms with Crippen molar-refractivity contribution in [1.82, 2.24) is 10.3 Å². The van der Waals surface area contributed by atoms with Crippen LogP contribution >= 0.6 is 0 Å². The van der Waals surface area contributed by atoms with Gasteiger partial charge in [0.1, 0.15) is 0 Å². The van der Waals surface area contributed by atoms with Crippen LogP contribution in [0.1, 0.15) is 12.8 Å². The van der Waals surface area contributed by atoms with Crippen LogP contribution in [-0.2, 0) is 0 Å². The maximum absolute atomic E-state index is 4.03. The van der Waals surface area contributed by atoms with Gasteiger partial charge in [-0.05, 0) is 32.0 Å². The Morgan fingerprint density at radius 3 is 2.50 bits per heavy atom. The highest BCUT2D eigenvalue weighted by molar-refractivity contribution is 5.44. The number of anilines is 1. The van der Waals surface area contributed by atoms with Crippen molar-refractivity contribution in [2.24, 2.45) is 0 Å². The van der Waals surface area contributed by atoms with Gasteiger partial charge in [0.25, 0.3) is 0 Å². The number of piperidine rings is 1. The highest BCUT2D eigenvalue weighted by Crippen LogP contribution is 2.18. The molecular formula is C11H17N3. The number of pyridine rings is 1. The van der Waals surface area contributed by atoms with Crippen molar-refractivity contribution in [3.63, 3.8) is 0 Å². The second-order valence-corrected chi connectivity index (χ2v) is 3.76. The molecule has 14 heavy (non-hydrogen) atoms. The molecule has 3 nitrogen and oxygen atoms in total. The molecule has 1 aliphatic rings. The third-order valence-electron chi connectivity index (χ3n) is 2.93. The molecule has 0 amide bonds. The minimum Gasteiger partial charge on any atom is -0.371 e. The number of hydrogen-bond donors (Lipinski definition) is 1. The smallest absolute Gasteiger partial charge is 0.0397 e. The molecule has 1 N–H and O–H groups in total. The molecule has 2 heterocycles. The lowest BCUT2D eigenvalue weighted by Gasteiger charge is -2.33. The summed E-state index contributed by atoms with van der Waals surface area (Å²) in [6.45, 7) is 2.30. The van der Waals surface area contributed by atoms with Gasteiger partial charge < -0.3 is 10.2 Å². The van der Waals surface area contributed by atoms with Gasteiger partial charge in [-0.1, -0.05) is 0 Å². The number of rotatable bonds is 2. The van der Waals surface area contributed by atoms with E-state index in [9.17, 15) is 0 Å². The Labute approximate surface area is 85.1 Å². The average molecular weight is 191 g/mol. The number of nitrogens with zero attached hydrogens (tertiary/aromatic N) is 2. The Hall–Kier alpha value is -1.09. The minimum absolute atomic E-state index is 0.702. The molecule has 3 heteroatoms. The fraction of sp³-hybridized carbons (Fsp3) is 0.545. The summed E-state index contributed by atoms with van der Waals surface area (Å²) in [6.07, 6.45) is 6.19. The van der Waals surface area contributed by atoms with Crippen molar-refractivity contribution in [2.45, 2.75) is 18.9 Å². The molecule has 1 aromatic rings. The van der Waals surface area contributed by atoms with E-state index in [1.165, 1.54) is 18.5 Å². The predicted octanol–water partition coefficient (Wildman–Crippen LogP) is 1.27. The van der Waals surface area contributed by atoms with Gasteiger partial charge in [0, 0.05) is 37.2 Å². The SMILES string of the molecule is CNC1CCN(c2ccncc2)CC1. The van der Waals surface area contributed by atoms with Crippen LogP contribution < -0.4 is 10.2 Å². The van der Waals surface area contributed by atoms with Crippen LogP contribution in [0.25, 0.3) is 0 Å². The summed E-state index contributed by atoms with van der Waals surface area (Å²) < 4.78 is 0. The highest BCUT2D eigenvalue weighted by atomic mass is 15.1. The number of hydrogen-bond acceptors (Lipinski definition) is 3. The first-order chi connectivity index (χ1) is 6.90. The first-order valence-electron chi connectivity index (χ1n) is 5.22. The molecule has 0 radical (unpaired) electrons. The first-order valence-corrected chi connectivity index (χ1v) is 5.22. The standard InChI is InChI=1S/C11H17N3/c1-12-10-4-8-14(9-5-10)11-2-6-13-7-3-11/h2-3,6-7,10,12H,4-5,8-9H2,1H3. The van der Waals surface area contributed by atoms with Crippen molar-refractivity contribution < 1.29 is 0 Å². The molecule has 0 aromatic carbocycles. The summed E-state index contributed by atoms with van der Waals surface area (Å²) in [5, 5.41) is 3.34. The summed E-state index contributed by atoms with van der Waals surface area (Å²) in [6, 6.07) is 4.87. The van der Waals surface area contributed by atoms with E-state index in [0.717, 1.165) is 13.1 Å². The molecule has 76 valence electrons. The maximum Gasteiger partial charge on any atom is 0.0397 e. The summed E-state index contributed by atoms with van der Waals surface area (Å²) in [4.78, 5) is 6.46. The molecule has 0 aliphatic carbocycles. The topological polar surface area (TPSA) is 28.2 Å². The minimum atomic E-state index is 0.702. The molecular weight excluding hydrogens is 174 g/mol. The van der Waals surface area contributed by atoms with E-state index >= 15 is 0 Å². The third kappa shape index (κ3) is 2.04. The molecule has 1 aliphatic heterocycles. The Morgan fingerprint density at radius 1 is 1.29 bits per heavy atom. The molecule has 0 unspecified atom stereocenters. The van der Waals surface area contributed by atoms with E-state index in [4.69, 9.17) is 0 Å². The van der Waals surface area contributed by atoms with Crippen molar-refractivity contribution in [2.75, 3.05) is 25.0 Å². The molecule has 0 saturated carbocycles. The van der Waals surface area contributed by atoms with Crippen molar-refractivity contribution >= 4 is 5.69 Å². The summed E-state index contributed by atoms with van der Waals surface area (Å²) in [5.74, 6) is 0. The molecule has 0 bridgehead atoms. The van der Waals surface area contributed by atoms with Crippen LogP contribution in [0.4, 0.5) is 5.69 Å². The van der Waals surface area contributed by atoms with Gasteiger partial charge in [-0.2, -0.15) is 0 Å². The summed E-state index contributed by atoms with van der Waals surface area (Å²) in [5.41, 5.74) is 1.30. The van der Waals surface area contributed by atoms with Gasteiger partial charge in [0.15, 0.2) is 0 Å². The molecule has 0 spiro atoms. The Balaban J connectivity index is 1.96. The monoisotopic (exact) mass is 191 g/mol. The van der Waals surface area contributed by atoms with Crippen LogP contribution in [0.2, 0.25) is 0 Å². The number of aromatic nitrogens is 1. The van der Waals surface area contributed by atoms with Crippen molar-refractivity contribution in [3.8, 4) is 0 Å². The Morgan fingerprint density at radius 2 is 1.93 bits per heavy atom. The van der Waals surface area contributed by atoms with Gasteiger partial charge >= 0.3 is 0 Å². The Bertz CT molecular complexity index is 265. The molecule has 1 saturated heterocycles. The van der Waals surface area contributed by atoms with Crippen LogP contribution in [0.3, 0.4) is 0 Å². The van der Waals surface area contributed by atoms with Gasteiger partial charge in [0.2, 0.25) is 0 Å². The van der Waals surface area contributed by atoms with Crippen LogP contribution in [0.15, 0.2) is 24.5 Å². The lowest BCUT2D eigenvalue weighted by atomic mass is 10.1. The van der Waals surface area contributed by atoms with E-state index in [0.29, 0.717) is 6.04 Å². The predicted molar refractivity (Wildman–Crippen MR) is 58.5 cm³/mol. The first kappa shape index (κ1) is 9.46. The van der Waals surface area contributed by atoms with E-state index in [2.05, 4.69) is 27.3 Å². The van der Waals surface area contributed by atoms with Crippen molar-refractivity contribution in [1.29, 1.82) is 0 Å². The second kappa shape index (κ2) is 4.42. The fourth-order valence-corrected chi connectivity index (χ4v) is 1.98. The largest absolute Gasteiger partial charge is 0.371 e. The normalized spacial score (nSPS) is 18.5. The zero-order valence-corrected chi connectivity index (χ0v) is 8.61. The van der Waals surface area contributed by atoms with E-state index in [1.54, 1.807) is 0 Å². The summed E-state index contributed by atoms with van der Waals surface area (Å²) >= 11 is 0. The highest BCUT2D eigenvalue weighted by Gasteiger charge is 2.17. The molecule has 1 fully saturated rings. The lowest BCUT2D eigenvalue weighted by molar-refractivity contribution is 0.442. The molecule has 2 rings (SSSR count). The second-order valence-electron chi connectivity index (χ2n) is 3.76. The number of nitrogens with one attached hydrogen (secondary N) is 1. The quantitative estimate of drug-likeness (QED) is 0.763. The van der Waals surface area contributed by atoms with Crippen LogP contribution in [0.5, 0.6) is 0 Å². The van der Waals surface area contributed by atoms with Gasteiger partial charge in [-0.25, -0.2) is 0 Å². The van der Waals surface area contributed by atoms with E-state index < -0.39 is 0 Å². The van der Waals surface area contributed by atoms with Gasteiger partial charge in [-0.15, -0.1) is 0 Å². The van der Waals surface area contributed by atoms with Gasteiger partial charge in [-0.3, -0.25) is 4.98 Å². The third-order valence-corrected chi connectivity index (χ3v) is 2.93. The van der Waals surface area contributed by atoms with Gasteiger partial charge in [0.05, 0.1) is 0 Å². The van der Waals surface area contributed by atoms with Crippen molar-refractivity contribution in [3.05, 3.63) is 24.5 Å². The van der Waals surface area contributed by atoms with E-state index in [-0.39, 0.29) is 0 Å². The molecule has 0 atom stereocenters. The van der Waals surface area contributed by atoms with E-state index in [1.807, 2.05) is 19.4 Å². The van der Waals surface area contributed by atoms with Crippen LogP contribution in [-0.4, -0.2) is 31.2 Å². The molecule has 1 aromatic heterocycles. The van der Waals surface area contributed by atoms with Crippen LogP contribution in [0, 0.1) is 0 Å². The average Bonchev–Trinajstić information content (AvgIpc) is 2.30. The zero-order valence-electron chi connectivity index (χ0n) is 8.61. The lowest BCUT2D eigenvalue weighted by Crippen LogP contribution is -2.41. The summed E-state index contributed by atoms with van der Waals surface area (Å²) in [7, 11) is 2.05. The Kier molecular flexibility index (Phi) is 2.99. The zero-order chi connectivity index (χ0) is 9.80. The maximum atomic E-state index is 4.03.